The molecule has 180 valence electrons. The second-order valence-corrected chi connectivity index (χ2v) is 8.96. The molecule has 1 aromatic heterocycles. The molecule has 1 heterocycles. The molecule has 2 N–H and O–H groups in total. The highest BCUT2D eigenvalue weighted by Crippen LogP contribution is 2.23. The fourth-order valence-corrected chi connectivity index (χ4v) is 4.34. The van der Waals surface area contributed by atoms with E-state index in [1.807, 2.05) is 67.9 Å². The minimum Gasteiger partial charge on any atom is -0.497 e. The molecule has 2 aromatic carbocycles. The van der Waals surface area contributed by atoms with Crippen molar-refractivity contribution in [3.05, 3.63) is 65.0 Å². The van der Waals surface area contributed by atoms with E-state index in [0.717, 1.165) is 34.5 Å². The number of nitrogens with one attached hydrogen (secondary N) is 2. The smallest absolute Gasteiger partial charge is 0.234 e. The van der Waals surface area contributed by atoms with Crippen LogP contribution in [-0.4, -0.2) is 39.4 Å². The predicted molar refractivity (Wildman–Crippen MR) is 134 cm³/mol. The lowest BCUT2D eigenvalue weighted by Gasteiger charge is -2.14. The minimum absolute atomic E-state index is 0.0978. The first kappa shape index (κ1) is 25.3. The van der Waals surface area contributed by atoms with Crippen molar-refractivity contribution in [2.45, 2.75) is 44.8 Å². The Kier molecular flexibility index (Phi) is 8.70. The molecule has 34 heavy (non-hydrogen) atoms. The molecule has 0 spiro atoms. The lowest BCUT2D eigenvalue weighted by molar-refractivity contribution is -0.121. The number of aromatic nitrogens is 3. The zero-order valence-electron chi connectivity index (χ0n) is 20.2. The van der Waals surface area contributed by atoms with Crippen molar-refractivity contribution < 1.29 is 14.3 Å². The number of anilines is 1. The van der Waals surface area contributed by atoms with Crippen LogP contribution in [0.1, 0.15) is 42.4 Å². The second-order valence-electron chi connectivity index (χ2n) is 8.01. The molecule has 0 unspecified atom stereocenters. The Bertz CT molecular complexity index is 1140. The number of carbonyl (C=O) groups excluding carboxylic acids is 2. The topological polar surface area (TPSA) is 98.1 Å². The second kappa shape index (κ2) is 11.7. The zero-order valence-corrected chi connectivity index (χ0v) is 21.0. The van der Waals surface area contributed by atoms with Crippen molar-refractivity contribution in [3.8, 4) is 5.75 Å². The molecule has 3 rings (SSSR count). The van der Waals surface area contributed by atoms with Crippen molar-refractivity contribution in [1.82, 2.24) is 20.1 Å². The fraction of sp³-hybridized carbons (Fsp3) is 0.360. The molecule has 8 nitrogen and oxygen atoms in total. The Morgan fingerprint density at radius 3 is 2.53 bits per heavy atom. The number of methoxy groups -OCH3 is 1. The Labute approximate surface area is 204 Å². The quantitative estimate of drug-likeness (QED) is 0.427. The zero-order chi connectivity index (χ0) is 24.7. The van der Waals surface area contributed by atoms with E-state index < -0.39 is 0 Å². The summed E-state index contributed by atoms with van der Waals surface area (Å²) in [5, 5.41) is 15.0. The highest BCUT2D eigenvalue weighted by molar-refractivity contribution is 7.99. The first-order valence-corrected chi connectivity index (χ1v) is 12.1. The van der Waals surface area contributed by atoms with Gasteiger partial charge in [0.05, 0.1) is 25.3 Å². The molecule has 0 aliphatic carbocycles. The van der Waals surface area contributed by atoms with Crippen molar-refractivity contribution in [3.63, 3.8) is 0 Å². The van der Waals surface area contributed by atoms with Gasteiger partial charge in [-0.1, -0.05) is 49.0 Å². The van der Waals surface area contributed by atoms with Gasteiger partial charge in [0, 0.05) is 12.7 Å². The first-order valence-electron chi connectivity index (χ1n) is 11.1. The highest BCUT2D eigenvalue weighted by atomic mass is 32.2. The van der Waals surface area contributed by atoms with Gasteiger partial charge < -0.3 is 19.9 Å². The summed E-state index contributed by atoms with van der Waals surface area (Å²) in [6, 6.07) is 13.1. The van der Waals surface area contributed by atoms with Crippen LogP contribution in [0, 0.1) is 6.92 Å². The third-order valence-electron chi connectivity index (χ3n) is 5.49. The summed E-state index contributed by atoms with van der Waals surface area (Å²) in [5.41, 5.74) is 3.92. The highest BCUT2D eigenvalue weighted by Gasteiger charge is 2.19. The van der Waals surface area contributed by atoms with Gasteiger partial charge in [-0.15, -0.1) is 10.2 Å². The van der Waals surface area contributed by atoms with E-state index in [1.54, 1.807) is 7.11 Å². The van der Waals surface area contributed by atoms with Crippen LogP contribution in [0.15, 0.2) is 47.6 Å². The number of aryl methyl sites for hydroxylation is 2. The maximum absolute atomic E-state index is 12.6. The maximum Gasteiger partial charge on any atom is 0.234 e. The monoisotopic (exact) mass is 481 g/mol. The Morgan fingerprint density at radius 1 is 1.12 bits per heavy atom. The lowest BCUT2D eigenvalue weighted by Crippen LogP contribution is -2.29. The maximum atomic E-state index is 12.6. The van der Waals surface area contributed by atoms with Gasteiger partial charge >= 0.3 is 0 Å². The van der Waals surface area contributed by atoms with E-state index in [9.17, 15) is 9.59 Å². The van der Waals surface area contributed by atoms with E-state index in [-0.39, 0.29) is 30.0 Å². The number of carbonyl (C=O) groups is 2. The molecule has 9 heteroatoms. The Hall–Kier alpha value is -3.33. The summed E-state index contributed by atoms with van der Waals surface area (Å²) in [5.74, 6) is 1.37. The summed E-state index contributed by atoms with van der Waals surface area (Å²) >= 11 is 1.31. The fourth-order valence-electron chi connectivity index (χ4n) is 3.62. The van der Waals surface area contributed by atoms with Crippen LogP contribution in [0.4, 0.5) is 5.69 Å². The molecule has 2 amide bonds. The third-order valence-corrected chi connectivity index (χ3v) is 6.51. The van der Waals surface area contributed by atoms with Gasteiger partial charge in [-0.25, -0.2) is 0 Å². The molecule has 0 aliphatic rings. The number of nitrogens with zero attached hydrogens (tertiary/aromatic N) is 3. The third kappa shape index (κ3) is 6.38. The standard InChI is InChI=1S/C25H31N5O3S/c1-6-19-9-7-8-16(2)23(19)27-22(32)15-34-25-29-28-24(30(25)4)17(3)26-21(31)14-18-10-12-20(33-5)13-11-18/h7-13,17H,6,14-15H2,1-5H3,(H,26,31)(H,27,32)/t17-/m1/s1. The average molecular weight is 482 g/mol. The normalized spacial score (nSPS) is 11.7. The van der Waals surface area contributed by atoms with E-state index in [0.29, 0.717) is 11.0 Å². The first-order chi connectivity index (χ1) is 16.3. The molecule has 1 atom stereocenters. The number of thioether (sulfide) groups is 1. The number of hydrogen-bond donors (Lipinski definition) is 2. The number of rotatable bonds is 10. The molecule has 0 aliphatic heterocycles. The lowest BCUT2D eigenvalue weighted by atomic mass is 10.1. The van der Waals surface area contributed by atoms with Crippen LogP contribution < -0.4 is 15.4 Å². The minimum atomic E-state index is -0.328. The predicted octanol–water partition coefficient (Wildman–Crippen LogP) is 3.85. The molecule has 3 aromatic rings. The number of hydrogen-bond acceptors (Lipinski definition) is 6. The van der Waals surface area contributed by atoms with Crippen molar-refractivity contribution in [2.24, 2.45) is 7.05 Å². The average Bonchev–Trinajstić information content (AvgIpc) is 3.19. The van der Waals surface area contributed by atoms with Crippen molar-refractivity contribution >= 4 is 29.3 Å². The van der Waals surface area contributed by atoms with Crippen LogP contribution >= 0.6 is 11.8 Å². The number of benzene rings is 2. The number of amides is 2. The molecular formula is C25H31N5O3S. The van der Waals surface area contributed by atoms with E-state index in [1.165, 1.54) is 11.8 Å². The van der Waals surface area contributed by atoms with Gasteiger partial charge in [0.25, 0.3) is 0 Å². The molecule has 0 saturated carbocycles. The molecule has 0 radical (unpaired) electrons. The van der Waals surface area contributed by atoms with Crippen LogP contribution in [0.3, 0.4) is 0 Å². The molecule has 0 fully saturated rings. The van der Waals surface area contributed by atoms with Gasteiger partial charge in [0.1, 0.15) is 5.75 Å². The summed E-state index contributed by atoms with van der Waals surface area (Å²) in [4.78, 5) is 25.0. The summed E-state index contributed by atoms with van der Waals surface area (Å²) < 4.78 is 6.95. The van der Waals surface area contributed by atoms with Crippen LogP contribution in [0.2, 0.25) is 0 Å². The molecular weight excluding hydrogens is 450 g/mol. The van der Waals surface area contributed by atoms with E-state index >= 15 is 0 Å². The molecule has 0 saturated heterocycles. The number of ether oxygens (including phenoxy) is 1. The van der Waals surface area contributed by atoms with E-state index in [4.69, 9.17) is 4.74 Å². The van der Waals surface area contributed by atoms with Gasteiger partial charge in [-0.05, 0) is 49.1 Å². The van der Waals surface area contributed by atoms with Crippen molar-refractivity contribution in [1.29, 1.82) is 0 Å². The van der Waals surface area contributed by atoms with Gasteiger partial charge in [0.2, 0.25) is 11.8 Å². The summed E-state index contributed by atoms with van der Waals surface area (Å²) in [6.07, 6.45) is 1.10. The van der Waals surface area contributed by atoms with Crippen LogP contribution in [0.5, 0.6) is 5.75 Å². The van der Waals surface area contributed by atoms with Gasteiger partial charge in [0.15, 0.2) is 11.0 Å². The SMILES string of the molecule is CCc1cccc(C)c1NC(=O)CSc1nnc([C@@H](C)NC(=O)Cc2ccc(OC)cc2)n1C. The summed E-state index contributed by atoms with van der Waals surface area (Å²) in [6.45, 7) is 5.92. The largest absolute Gasteiger partial charge is 0.497 e. The van der Waals surface area contributed by atoms with Gasteiger partial charge in [-0.3, -0.25) is 9.59 Å². The molecule has 0 bridgehead atoms. The van der Waals surface area contributed by atoms with E-state index in [2.05, 4.69) is 27.8 Å². The van der Waals surface area contributed by atoms with Crippen LogP contribution in [0.25, 0.3) is 0 Å². The van der Waals surface area contributed by atoms with Gasteiger partial charge in [-0.2, -0.15) is 0 Å². The summed E-state index contributed by atoms with van der Waals surface area (Å²) in [7, 11) is 3.44. The van der Waals surface area contributed by atoms with Crippen molar-refractivity contribution in [2.75, 3.05) is 18.2 Å². The Balaban J connectivity index is 1.55. The van der Waals surface area contributed by atoms with Crippen LogP contribution in [-0.2, 0) is 29.5 Å². The number of para-hydroxylation sites is 1. The Morgan fingerprint density at radius 2 is 1.85 bits per heavy atom.